The molecular weight excluding hydrogens is 268 g/mol. The maximum Gasteiger partial charge on any atom is 0.326 e. The monoisotopic (exact) mass is 284 g/mol. The molecule has 0 bridgehead atoms. The summed E-state index contributed by atoms with van der Waals surface area (Å²) in [6.07, 6.45) is 2.61. The highest BCUT2D eigenvalue weighted by Gasteiger charge is 2.21. The van der Waals surface area contributed by atoms with Crippen LogP contribution in [0.3, 0.4) is 0 Å². The minimum Gasteiger partial charge on any atom is -0.481 e. The molecule has 0 radical (unpaired) electrons. The molecule has 9 nitrogen and oxygen atoms in total. The number of carboxylic acid groups (broad SMARTS) is 2. The fourth-order valence-electron chi connectivity index (χ4n) is 1.50. The summed E-state index contributed by atoms with van der Waals surface area (Å²) >= 11 is 0. The van der Waals surface area contributed by atoms with Crippen LogP contribution in [0.4, 0.5) is 4.79 Å². The predicted octanol–water partition coefficient (Wildman–Crippen LogP) is 0.0879. The van der Waals surface area contributed by atoms with Gasteiger partial charge in [-0.15, -0.1) is 0 Å². The number of rotatable bonds is 7. The molecule has 1 aromatic rings. The summed E-state index contributed by atoms with van der Waals surface area (Å²) in [7, 11) is 0. The van der Waals surface area contributed by atoms with Crippen LogP contribution in [0.15, 0.2) is 12.4 Å². The number of hydrogen-bond acceptors (Lipinski definition) is 4. The first-order chi connectivity index (χ1) is 9.40. The highest BCUT2D eigenvalue weighted by atomic mass is 16.4. The maximum atomic E-state index is 11.6. The summed E-state index contributed by atoms with van der Waals surface area (Å²) < 4.78 is 0. The highest BCUT2D eigenvalue weighted by molar-refractivity contribution is 5.83. The van der Waals surface area contributed by atoms with Crippen molar-refractivity contribution in [2.24, 2.45) is 0 Å². The number of urea groups is 1. The summed E-state index contributed by atoms with van der Waals surface area (Å²) in [4.78, 5) is 33.0. The molecule has 1 aromatic heterocycles. The zero-order valence-corrected chi connectivity index (χ0v) is 10.8. The third-order valence-corrected chi connectivity index (χ3v) is 2.62. The van der Waals surface area contributed by atoms with Crippen LogP contribution in [-0.4, -0.2) is 44.4 Å². The molecule has 110 valence electrons. The number of aliphatic carboxylic acids is 2. The SMILES string of the molecule is CC(NC(=O)N[C@@H](CCC(=O)O)C(=O)O)c1cn[nH]c1. The average molecular weight is 284 g/mol. The Labute approximate surface area is 114 Å². The van der Waals surface area contributed by atoms with E-state index in [2.05, 4.69) is 20.8 Å². The van der Waals surface area contributed by atoms with Gasteiger partial charge in [-0.1, -0.05) is 0 Å². The fourth-order valence-corrected chi connectivity index (χ4v) is 1.50. The van der Waals surface area contributed by atoms with Gasteiger partial charge in [0, 0.05) is 18.2 Å². The minimum absolute atomic E-state index is 0.182. The molecule has 2 atom stereocenters. The van der Waals surface area contributed by atoms with Gasteiger partial charge in [-0.25, -0.2) is 9.59 Å². The zero-order chi connectivity index (χ0) is 15.1. The molecule has 1 heterocycles. The summed E-state index contributed by atoms with van der Waals surface area (Å²) in [5.41, 5.74) is 0.734. The first kappa shape index (κ1) is 15.5. The third-order valence-electron chi connectivity index (χ3n) is 2.62. The largest absolute Gasteiger partial charge is 0.481 e. The van der Waals surface area contributed by atoms with Crippen LogP contribution in [-0.2, 0) is 9.59 Å². The second-order valence-electron chi connectivity index (χ2n) is 4.19. The lowest BCUT2D eigenvalue weighted by Crippen LogP contribution is -2.46. The molecule has 9 heteroatoms. The van der Waals surface area contributed by atoms with Crippen LogP contribution < -0.4 is 10.6 Å². The van der Waals surface area contributed by atoms with Crippen molar-refractivity contribution in [3.63, 3.8) is 0 Å². The van der Waals surface area contributed by atoms with Crippen molar-refractivity contribution in [2.45, 2.75) is 31.8 Å². The van der Waals surface area contributed by atoms with E-state index >= 15 is 0 Å². The first-order valence-electron chi connectivity index (χ1n) is 5.90. The van der Waals surface area contributed by atoms with E-state index in [1.807, 2.05) is 0 Å². The van der Waals surface area contributed by atoms with Gasteiger partial charge in [0.25, 0.3) is 0 Å². The average Bonchev–Trinajstić information content (AvgIpc) is 2.87. The van der Waals surface area contributed by atoms with Crippen molar-refractivity contribution < 1.29 is 24.6 Å². The smallest absolute Gasteiger partial charge is 0.326 e. The zero-order valence-electron chi connectivity index (χ0n) is 10.8. The quantitative estimate of drug-likeness (QED) is 0.479. The number of aromatic amines is 1. The van der Waals surface area contributed by atoms with Crippen LogP contribution in [0.1, 0.15) is 31.4 Å². The van der Waals surface area contributed by atoms with E-state index in [0.29, 0.717) is 0 Å². The standard InChI is InChI=1S/C11H16N4O5/c1-6(7-4-12-13-5-7)14-11(20)15-8(10(18)19)2-3-9(16)17/h4-6,8H,2-3H2,1H3,(H,12,13)(H,16,17)(H,18,19)(H2,14,15,20)/t6?,8-/m0/s1. The molecule has 0 spiro atoms. The van der Waals surface area contributed by atoms with E-state index in [-0.39, 0.29) is 18.9 Å². The predicted molar refractivity (Wildman–Crippen MR) is 67.0 cm³/mol. The number of H-pyrrole nitrogens is 1. The number of carbonyl (C=O) groups excluding carboxylic acids is 1. The molecule has 1 rings (SSSR count). The molecule has 20 heavy (non-hydrogen) atoms. The topological polar surface area (TPSA) is 144 Å². The second-order valence-corrected chi connectivity index (χ2v) is 4.19. The van der Waals surface area contributed by atoms with Crippen LogP contribution in [0.5, 0.6) is 0 Å². The van der Waals surface area contributed by atoms with E-state index in [0.717, 1.165) is 5.56 Å². The third kappa shape index (κ3) is 4.96. The summed E-state index contributed by atoms with van der Waals surface area (Å²) in [6.45, 7) is 1.71. The van der Waals surface area contributed by atoms with Gasteiger partial charge < -0.3 is 20.8 Å². The number of aromatic nitrogens is 2. The fraction of sp³-hybridized carbons (Fsp3) is 0.455. The van der Waals surface area contributed by atoms with Crippen LogP contribution >= 0.6 is 0 Å². The van der Waals surface area contributed by atoms with Gasteiger partial charge in [-0.2, -0.15) is 5.10 Å². The van der Waals surface area contributed by atoms with Crippen molar-refractivity contribution in [3.8, 4) is 0 Å². The Hall–Kier alpha value is -2.58. The van der Waals surface area contributed by atoms with Crippen molar-refractivity contribution in [3.05, 3.63) is 18.0 Å². The summed E-state index contributed by atoms with van der Waals surface area (Å²) in [5, 5.41) is 28.5. The number of carboxylic acids is 2. The van der Waals surface area contributed by atoms with Gasteiger partial charge in [0.1, 0.15) is 6.04 Å². The Morgan fingerprint density at radius 2 is 2.05 bits per heavy atom. The van der Waals surface area contributed by atoms with E-state index in [9.17, 15) is 14.4 Å². The molecule has 2 amide bonds. The molecule has 0 aliphatic rings. The van der Waals surface area contributed by atoms with Crippen molar-refractivity contribution in [1.29, 1.82) is 0 Å². The molecule has 0 fully saturated rings. The number of amides is 2. The van der Waals surface area contributed by atoms with E-state index < -0.39 is 24.0 Å². The number of hydrogen-bond donors (Lipinski definition) is 5. The van der Waals surface area contributed by atoms with E-state index in [1.165, 1.54) is 6.20 Å². The van der Waals surface area contributed by atoms with Crippen molar-refractivity contribution in [2.75, 3.05) is 0 Å². The molecule has 0 aromatic carbocycles. The van der Waals surface area contributed by atoms with Gasteiger partial charge in [0.2, 0.25) is 0 Å². The Morgan fingerprint density at radius 3 is 2.55 bits per heavy atom. The van der Waals surface area contributed by atoms with Gasteiger partial charge in [-0.05, 0) is 13.3 Å². The Morgan fingerprint density at radius 1 is 1.35 bits per heavy atom. The second kappa shape index (κ2) is 7.12. The minimum atomic E-state index is -1.28. The van der Waals surface area contributed by atoms with Gasteiger partial charge >= 0.3 is 18.0 Å². The number of nitrogens with one attached hydrogen (secondary N) is 3. The Bertz CT molecular complexity index is 473. The van der Waals surface area contributed by atoms with Gasteiger partial charge in [-0.3, -0.25) is 9.89 Å². The lowest BCUT2D eigenvalue weighted by atomic mass is 10.1. The van der Waals surface area contributed by atoms with Crippen LogP contribution in [0.2, 0.25) is 0 Å². The summed E-state index contributed by atoms with van der Waals surface area (Å²) in [6, 6.07) is -2.29. The summed E-state index contributed by atoms with van der Waals surface area (Å²) in [5.74, 6) is -2.40. The molecule has 0 saturated carbocycles. The van der Waals surface area contributed by atoms with E-state index in [1.54, 1.807) is 13.1 Å². The number of carbonyl (C=O) groups is 3. The normalized spacial score (nSPS) is 13.2. The lowest BCUT2D eigenvalue weighted by Gasteiger charge is -2.17. The Kier molecular flexibility index (Phi) is 5.51. The van der Waals surface area contributed by atoms with Crippen LogP contribution in [0, 0.1) is 0 Å². The first-order valence-corrected chi connectivity index (χ1v) is 5.90. The molecule has 0 aliphatic heterocycles. The molecule has 0 saturated heterocycles. The van der Waals surface area contributed by atoms with E-state index in [4.69, 9.17) is 10.2 Å². The maximum absolute atomic E-state index is 11.6. The molecular formula is C11H16N4O5. The lowest BCUT2D eigenvalue weighted by molar-refractivity contribution is -0.140. The van der Waals surface area contributed by atoms with Gasteiger partial charge in [0.05, 0.1) is 12.2 Å². The highest BCUT2D eigenvalue weighted by Crippen LogP contribution is 2.08. The number of nitrogens with zero attached hydrogens (tertiary/aromatic N) is 1. The molecule has 1 unspecified atom stereocenters. The van der Waals surface area contributed by atoms with Crippen molar-refractivity contribution in [1.82, 2.24) is 20.8 Å². The molecule has 0 aliphatic carbocycles. The molecule has 5 N–H and O–H groups in total. The Balaban J connectivity index is 2.49. The van der Waals surface area contributed by atoms with Crippen LogP contribution in [0.25, 0.3) is 0 Å². The van der Waals surface area contributed by atoms with Gasteiger partial charge in [0.15, 0.2) is 0 Å². The van der Waals surface area contributed by atoms with Crippen molar-refractivity contribution >= 4 is 18.0 Å².